The van der Waals surface area contributed by atoms with Crippen molar-refractivity contribution in [3.8, 4) is 5.75 Å². The number of H-pyrrole nitrogens is 1. The molecule has 0 radical (unpaired) electrons. The van der Waals surface area contributed by atoms with E-state index >= 15 is 0 Å². The lowest BCUT2D eigenvalue weighted by molar-refractivity contribution is 0.102. The molecule has 0 atom stereocenters. The van der Waals surface area contributed by atoms with E-state index in [4.69, 9.17) is 4.74 Å². The number of fused-ring (bicyclic) bond motifs is 1. The molecule has 5 heteroatoms. The number of ether oxygens (including phenoxy) is 1. The molecule has 2 heterocycles. The number of carbonyl (C=O) groups is 1. The van der Waals surface area contributed by atoms with Crippen LogP contribution in [0.1, 0.15) is 33.6 Å². The van der Waals surface area contributed by atoms with Crippen LogP contribution in [-0.2, 0) is 12.8 Å². The summed E-state index contributed by atoms with van der Waals surface area (Å²) >= 11 is 1.64. The summed E-state index contributed by atoms with van der Waals surface area (Å²) in [5.74, 6) is 0.947. The Kier molecular flexibility index (Phi) is 4.48. The number of nitrogens with zero attached hydrogens (tertiary/aromatic N) is 1. The highest BCUT2D eigenvalue weighted by Gasteiger charge is 2.22. The van der Waals surface area contributed by atoms with Crippen molar-refractivity contribution in [2.75, 3.05) is 6.61 Å². The van der Waals surface area contributed by atoms with Gasteiger partial charge in [0.2, 0.25) is 0 Å². The fourth-order valence-corrected chi connectivity index (χ4v) is 3.66. The van der Waals surface area contributed by atoms with Gasteiger partial charge in [-0.2, -0.15) is 11.3 Å². The Morgan fingerprint density at radius 3 is 3.04 bits per heavy atom. The molecular formula is C20H18N2O2S. The van der Waals surface area contributed by atoms with Crippen molar-refractivity contribution in [3.63, 3.8) is 0 Å². The summed E-state index contributed by atoms with van der Waals surface area (Å²) in [6, 6.07) is 7.81. The SMILES string of the molecule is O=C1/C(=C\c2ccsc2)CCc2cc(OCCc3c[nH]cn3)ccc21. The second kappa shape index (κ2) is 7.07. The number of hydrogen-bond donors (Lipinski definition) is 1. The average molecular weight is 350 g/mol. The first-order valence-corrected chi connectivity index (χ1v) is 9.25. The van der Waals surface area contributed by atoms with Crippen molar-refractivity contribution >= 4 is 23.2 Å². The molecular weight excluding hydrogens is 332 g/mol. The van der Waals surface area contributed by atoms with Crippen molar-refractivity contribution < 1.29 is 9.53 Å². The third-order valence-corrected chi connectivity index (χ3v) is 5.04. The van der Waals surface area contributed by atoms with E-state index in [0.29, 0.717) is 6.61 Å². The van der Waals surface area contributed by atoms with Gasteiger partial charge in [0.1, 0.15) is 5.75 Å². The molecule has 1 N–H and O–H groups in total. The molecule has 1 aromatic carbocycles. The van der Waals surface area contributed by atoms with E-state index in [0.717, 1.165) is 53.0 Å². The van der Waals surface area contributed by atoms with E-state index in [2.05, 4.69) is 15.3 Å². The highest BCUT2D eigenvalue weighted by atomic mass is 32.1. The highest BCUT2D eigenvalue weighted by molar-refractivity contribution is 7.08. The Morgan fingerprint density at radius 1 is 1.28 bits per heavy atom. The molecule has 0 bridgehead atoms. The Hall–Kier alpha value is -2.66. The summed E-state index contributed by atoms with van der Waals surface area (Å²) in [4.78, 5) is 19.8. The first-order chi connectivity index (χ1) is 12.3. The standard InChI is InChI=1S/C20H18N2O2S/c23-20-16(9-14-6-8-25-12-14)2-1-15-10-18(3-4-19(15)20)24-7-5-17-11-21-13-22-17/h3-4,6,8-13H,1-2,5,7H2,(H,21,22)/b16-9-. The molecule has 2 aromatic heterocycles. The van der Waals surface area contributed by atoms with Crippen LogP contribution in [0.3, 0.4) is 0 Å². The van der Waals surface area contributed by atoms with Crippen molar-refractivity contribution in [1.29, 1.82) is 0 Å². The van der Waals surface area contributed by atoms with Crippen LogP contribution in [0.4, 0.5) is 0 Å². The lowest BCUT2D eigenvalue weighted by Gasteiger charge is -2.18. The second-order valence-corrected chi connectivity index (χ2v) is 6.81. The molecule has 25 heavy (non-hydrogen) atoms. The number of thiophene rings is 1. The number of aromatic amines is 1. The number of hydrogen-bond acceptors (Lipinski definition) is 4. The zero-order chi connectivity index (χ0) is 17.1. The predicted octanol–water partition coefficient (Wildman–Crippen LogP) is 4.31. The number of benzene rings is 1. The minimum atomic E-state index is 0.135. The fraction of sp³-hybridized carbons (Fsp3) is 0.200. The van der Waals surface area contributed by atoms with Crippen molar-refractivity contribution in [2.24, 2.45) is 0 Å². The van der Waals surface area contributed by atoms with E-state index in [9.17, 15) is 4.79 Å². The summed E-state index contributed by atoms with van der Waals surface area (Å²) in [7, 11) is 0. The number of Topliss-reactive ketones (excluding diaryl/α,β-unsaturated/α-hetero) is 1. The van der Waals surface area contributed by atoms with Gasteiger partial charge in [-0.25, -0.2) is 4.98 Å². The van der Waals surface area contributed by atoms with E-state index in [1.165, 1.54) is 0 Å². The van der Waals surface area contributed by atoms with Crippen LogP contribution in [0.25, 0.3) is 6.08 Å². The number of ketones is 1. The molecule has 1 aliphatic carbocycles. The molecule has 0 unspecified atom stereocenters. The quantitative estimate of drug-likeness (QED) is 0.698. The van der Waals surface area contributed by atoms with Gasteiger partial charge in [0.25, 0.3) is 0 Å². The first-order valence-electron chi connectivity index (χ1n) is 8.30. The van der Waals surface area contributed by atoms with E-state index in [1.807, 2.05) is 41.9 Å². The van der Waals surface area contributed by atoms with Gasteiger partial charge in [-0.1, -0.05) is 0 Å². The highest BCUT2D eigenvalue weighted by Crippen LogP contribution is 2.29. The van der Waals surface area contributed by atoms with Gasteiger partial charge in [-0.15, -0.1) is 0 Å². The number of allylic oxidation sites excluding steroid dienone is 1. The lowest BCUT2D eigenvalue weighted by Crippen LogP contribution is -2.14. The molecule has 0 fully saturated rings. The molecule has 1 aliphatic rings. The number of rotatable bonds is 5. The summed E-state index contributed by atoms with van der Waals surface area (Å²) in [6.45, 7) is 0.570. The first kappa shape index (κ1) is 15.8. The number of aryl methyl sites for hydroxylation is 1. The Labute approximate surface area is 150 Å². The number of carbonyl (C=O) groups excluding carboxylic acids is 1. The van der Waals surface area contributed by atoms with Crippen LogP contribution >= 0.6 is 11.3 Å². The Bertz CT molecular complexity index is 896. The van der Waals surface area contributed by atoms with Gasteiger partial charge in [0.15, 0.2) is 5.78 Å². The van der Waals surface area contributed by atoms with Gasteiger partial charge < -0.3 is 9.72 Å². The van der Waals surface area contributed by atoms with Crippen LogP contribution in [0.2, 0.25) is 0 Å². The molecule has 0 saturated heterocycles. The summed E-state index contributed by atoms with van der Waals surface area (Å²) < 4.78 is 5.81. The average Bonchev–Trinajstić information content (AvgIpc) is 3.31. The third-order valence-electron chi connectivity index (χ3n) is 4.34. The van der Waals surface area contributed by atoms with Gasteiger partial charge in [-0.3, -0.25) is 4.79 Å². The van der Waals surface area contributed by atoms with E-state index in [1.54, 1.807) is 17.7 Å². The second-order valence-electron chi connectivity index (χ2n) is 6.03. The fourth-order valence-electron chi connectivity index (χ4n) is 3.04. The maximum Gasteiger partial charge on any atom is 0.189 e. The summed E-state index contributed by atoms with van der Waals surface area (Å²) in [5.41, 5.74) is 4.85. The van der Waals surface area contributed by atoms with Gasteiger partial charge in [0.05, 0.1) is 18.6 Å². The maximum absolute atomic E-state index is 12.7. The Balaban J connectivity index is 1.46. The molecule has 126 valence electrons. The van der Waals surface area contributed by atoms with Crippen molar-refractivity contribution in [1.82, 2.24) is 9.97 Å². The van der Waals surface area contributed by atoms with Crippen molar-refractivity contribution in [2.45, 2.75) is 19.3 Å². The normalized spacial score (nSPS) is 15.4. The number of nitrogens with one attached hydrogen (secondary N) is 1. The predicted molar refractivity (Wildman–Crippen MR) is 99.2 cm³/mol. The zero-order valence-electron chi connectivity index (χ0n) is 13.7. The molecule has 0 aliphatic heterocycles. The smallest absolute Gasteiger partial charge is 0.189 e. The zero-order valence-corrected chi connectivity index (χ0v) is 14.5. The van der Waals surface area contributed by atoms with Crippen LogP contribution in [0, 0.1) is 0 Å². The van der Waals surface area contributed by atoms with Crippen LogP contribution in [0.15, 0.2) is 53.1 Å². The lowest BCUT2D eigenvalue weighted by atomic mass is 9.86. The van der Waals surface area contributed by atoms with Crippen LogP contribution in [-0.4, -0.2) is 22.4 Å². The Morgan fingerprint density at radius 2 is 2.24 bits per heavy atom. The minimum Gasteiger partial charge on any atom is -0.493 e. The molecule has 0 amide bonds. The van der Waals surface area contributed by atoms with Crippen LogP contribution in [0.5, 0.6) is 5.75 Å². The van der Waals surface area contributed by atoms with Gasteiger partial charge >= 0.3 is 0 Å². The van der Waals surface area contributed by atoms with Crippen molar-refractivity contribution in [3.05, 3.63) is 75.5 Å². The van der Waals surface area contributed by atoms with E-state index < -0.39 is 0 Å². The number of aromatic nitrogens is 2. The monoisotopic (exact) mass is 350 g/mol. The van der Waals surface area contributed by atoms with Gasteiger partial charge in [0, 0.05) is 23.8 Å². The maximum atomic E-state index is 12.7. The molecule has 4 nitrogen and oxygen atoms in total. The summed E-state index contributed by atoms with van der Waals surface area (Å²) in [5, 5.41) is 4.09. The molecule has 3 aromatic rings. The van der Waals surface area contributed by atoms with Crippen LogP contribution < -0.4 is 4.74 Å². The minimum absolute atomic E-state index is 0.135. The third kappa shape index (κ3) is 3.56. The molecule has 0 saturated carbocycles. The molecule has 0 spiro atoms. The molecule has 4 rings (SSSR count). The largest absolute Gasteiger partial charge is 0.493 e. The topological polar surface area (TPSA) is 55.0 Å². The number of imidazole rings is 1. The summed E-state index contributed by atoms with van der Waals surface area (Å²) in [6.07, 6.45) is 7.95. The van der Waals surface area contributed by atoms with Gasteiger partial charge in [-0.05, 0) is 65.1 Å². The van der Waals surface area contributed by atoms with E-state index in [-0.39, 0.29) is 5.78 Å².